The summed E-state index contributed by atoms with van der Waals surface area (Å²) < 4.78 is 5.25. The van der Waals surface area contributed by atoms with E-state index in [1.165, 1.54) is 5.56 Å². The molecule has 1 aliphatic heterocycles. The number of amides is 3. The van der Waals surface area contributed by atoms with E-state index in [0.29, 0.717) is 24.9 Å². The summed E-state index contributed by atoms with van der Waals surface area (Å²) in [4.78, 5) is 31.2. The Kier molecular flexibility index (Phi) is 5.12. The Balaban J connectivity index is 1.65. The molecule has 2 aromatic rings. The predicted octanol–water partition coefficient (Wildman–Crippen LogP) is 2.39. The number of rotatable bonds is 4. The van der Waals surface area contributed by atoms with Crippen LogP contribution >= 0.6 is 0 Å². The van der Waals surface area contributed by atoms with Crippen molar-refractivity contribution in [3.8, 4) is 5.88 Å². The van der Waals surface area contributed by atoms with Gasteiger partial charge in [-0.25, -0.2) is 9.59 Å². The van der Waals surface area contributed by atoms with Crippen molar-refractivity contribution in [2.24, 2.45) is 5.73 Å². The molecule has 2 aliphatic rings. The molecule has 1 aromatic carbocycles. The molecule has 1 aliphatic carbocycles. The number of nitrogens with one attached hydrogen (secondary N) is 2. The van der Waals surface area contributed by atoms with Gasteiger partial charge in [-0.2, -0.15) is 0 Å². The molecule has 4 rings (SSSR count). The van der Waals surface area contributed by atoms with E-state index >= 15 is 0 Å². The highest BCUT2D eigenvalue weighted by atomic mass is 16.6. The SMILES string of the molecule is CCN(CC)C(=O)N[C@H]1CC2c3cccc4[nH]c(OC(N)=O)c(c34)C[C@H]2N(C)C1. The zero-order valence-corrected chi connectivity index (χ0v) is 17.2. The number of hydrogen-bond acceptors (Lipinski definition) is 4. The van der Waals surface area contributed by atoms with Crippen molar-refractivity contribution < 1.29 is 14.3 Å². The molecule has 4 N–H and O–H groups in total. The van der Waals surface area contributed by atoms with Crippen LogP contribution < -0.4 is 15.8 Å². The molecule has 0 bridgehead atoms. The van der Waals surface area contributed by atoms with Crippen LogP contribution in [-0.4, -0.2) is 65.7 Å². The minimum absolute atomic E-state index is 0.000320. The molecule has 1 saturated heterocycles. The van der Waals surface area contributed by atoms with Crippen molar-refractivity contribution in [3.63, 3.8) is 0 Å². The third kappa shape index (κ3) is 3.42. The van der Waals surface area contributed by atoms with Crippen molar-refractivity contribution in [2.45, 2.75) is 44.7 Å². The lowest BCUT2D eigenvalue weighted by molar-refractivity contribution is 0.123. The molecule has 2 heterocycles. The lowest BCUT2D eigenvalue weighted by atomic mass is 9.74. The molecular formula is C21H29N5O3. The smallest absolute Gasteiger partial charge is 0.393 e. The van der Waals surface area contributed by atoms with E-state index in [1.54, 1.807) is 0 Å². The summed E-state index contributed by atoms with van der Waals surface area (Å²) in [6.45, 7) is 6.17. The van der Waals surface area contributed by atoms with Crippen LogP contribution in [0.15, 0.2) is 18.2 Å². The Labute approximate surface area is 170 Å². The van der Waals surface area contributed by atoms with Gasteiger partial charge in [0.05, 0.1) is 0 Å². The van der Waals surface area contributed by atoms with Crippen molar-refractivity contribution in [2.75, 3.05) is 26.7 Å². The normalized spacial score (nSPS) is 23.5. The highest BCUT2D eigenvalue weighted by molar-refractivity contribution is 5.91. The Bertz CT molecular complexity index is 936. The molecule has 8 heteroatoms. The van der Waals surface area contributed by atoms with E-state index < -0.39 is 6.09 Å². The van der Waals surface area contributed by atoms with Gasteiger partial charge in [-0.15, -0.1) is 0 Å². The fourth-order valence-corrected chi connectivity index (χ4v) is 5.06. The van der Waals surface area contributed by atoms with Gasteiger partial charge in [-0.1, -0.05) is 12.1 Å². The summed E-state index contributed by atoms with van der Waals surface area (Å²) in [5.74, 6) is 0.743. The van der Waals surface area contributed by atoms with Gasteiger partial charge in [0.2, 0.25) is 5.88 Å². The number of hydrogen-bond donors (Lipinski definition) is 3. The number of H-pyrrole nitrogens is 1. The van der Waals surface area contributed by atoms with Crippen molar-refractivity contribution >= 4 is 23.0 Å². The first-order chi connectivity index (χ1) is 13.9. The fourth-order valence-electron chi connectivity index (χ4n) is 5.06. The molecule has 3 atom stereocenters. The Hall–Kier alpha value is -2.74. The topological polar surface area (TPSA) is 104 Å². The summed E-state index contributed by atoms with van der Waals surface area (Å²) >= 11 is 0. The van der Waals surface area contributed by atoms with Crippen LogP contribution in [-0.2, 0) is 6.42 Å². The van der Waals surface area contributed by atoms with E-state index in [4.69, 9.17) is 10.5 Å². The van der Waals surface area contributed by atoms with Gasteiger partial charge >= 0.3 is 12.1 Å². The number of fused-ring (bicyclic) bond motifs is 2. The summed E-state index contributed by atoms with van der Waals surface area (Å²) in [6.07, 6.45) is 0.850. The first kappa shape index (κ1) is 19.6. The van der Waals surface area contributed by atoms with Crippen LogP contribution in [0.5, 0.6) is 5.88 Å². The van der Waals surface area contributed by atoms with Crippen LogP contribution in [0.4, 0.5) is 9.59 Å². The maximum atomic E-state index is 12.6. The first-order valence-electron chi connectivity index (χ1n) is 10.3. The summed E-state index contributed by atoms with van der Waals surface area (Å²) in [5, 5.41) is 4.34. The number of carbonyl (C=O) groups is 2. The van der Waals surface area contributed by atoms with Crippen LogP contribution in [0.3, 0.4) is 0 Å². The van der Waals surface area contributed by atoms with Crippen LogP contribution in [0.2, 0.25) is 0 Å². The molecule has 29 heavy (non-hydrogen) atoms. The number of primary amides is 1. The largest absolute Gasteiger partial charge is 0.411 e. The fraction of sp³-hybridized carbons (Fsp3) is 0.524. The minimum Gasteiger partial charge on any atom is -0.393 e. The van der Waals surface area contributed by atoms with E-state index in [-0.39, 0.29) is 18.1 Å². The molecule has 8 nitrogen and oxygen atoms in total. The molecule has 1 unspecified atom stereocenters. The zero-order chi connectivity index (χ0) is 20.7. The van der Waals surface area contributed by atoms with Gasteiger partial charge in [0.1, 0.15) is 0 Å². The Morgan fingerprint density at radius 1 is 1.34 bits per heavy atom. The zero-order valence-electron chi connectivity index (χ0n) is 17.2. The number of aromatic nitrogens is 1. The van der Waals surface area contributed by atoms with Crippen molar-refractivity contribution in [3.05, 3.63) is 29.3 Å². The van der Waals surface area contributed by atoms with E-state index in [1.807, 2.05) is 30.9 Å². The number of aromatic amines is 1. The number of ether oxygens (including phenoxy) is 1. The molecule has 0 radical (unpaired) electrons. The lowest BCUT2D eigenvalue weighted by Gasteiger charge is -2.45. The second kappa shape index (κ2) is 7.59. The number of likely N-dealkylation sites (tertiary alicyclic amines) is 1. The molecular weight excluding hydrogens is 370 g/mol. The monoisotopic (exact) mass is 399 g/mol. The number of likely N-dealkylation sites (N-methyl/N-ethyl adjacent to an activating group) is 1. The summed E-state index contributed by atoms with van der Waals surface area (Å²) in [7, 11) is 2.10. The number of carbonyl (C=O) groups excluding carboxylic acids is 2. The van der Waals surface area contributed by atoms with Crippen LogP contribution in [0, 0.1) is 0 Å². The number of nitrogens with two attached hydrogens (primary N) is 1. The van der Waals surface area contributed by atoms with Gasteiger partial charge < -0.3 is 30.6 Å². The molecule has 1 aromatic heterocycles. The molecule has 3 amide bonds. The van der Waals surface area contributed by atoms with Gasteiger partial charge in [-0.05, 0) is 45.4 Å². The standard InChI is InChI=1S/C21H29N5O3/c1-4-26(5-2)21(28)23-12-9-14-13-7-6-8-16-18(13)15(10-17(14)25(3)11-12)19(24-16)29-20(22)27/h6-8,12,14,17,24H,4-5,9-11H2,1-3H3,(H2,22,27)(H,23,28)/t12-,14?,17+/m0/s1. The highest BCUT2D eigenvalue weighted by Crippen LogP contribution is 2.45. The average molecular weight is 399 g/mol. The van der Waals surface area contributed by atoms with E-state index in [9.17, 15) is 9.59 Å². The third-order valence-electron chi connectivity index (χ3n) is 6.39. The van der Waals surface area contributed by atoms with Crippen LogP contribution in [0.1, 0.15) is 37.3 Å². The minimum atomic E-state index is -0.812. The average Bonchev–Trinajstić information content (AvgIpc) is 3.01. The highest BCUT2D eigenvalue weighted by Gasteiger charge is 2.41. The van der Waals surface area contributed by atoms with Gasteiger partial charge in [-0.3, -0.25) is 0 Å². The second-order valence-corrected chi connectivity index (χ2v) is 8.00. The predicted molar refractivity (Wildman–Crippen MR) is 111 cm³/mol. The first-order valence-corrected chi connectivity index (χ1v) is 10.3. The third-order valence-corrected chi connectivity index (χ3v) is 6.39. The number of benzene rings is 1. The second-order valence-electron chi connectivity index (χ2n) is 8.00. The van der Waals surface area contributed by atoms with E-state index in [2.05, 4.69) is 28.3 Å². The summed E-state index contributed by atoms with van der Waals surface area (Å²) in [6, 6.07) is 6.52. The van der Waals surface area contributed by atoms with Crippen molar-refractivity contribution in [1.82, 2.24) is 20.1 Å². The quantitative estimate of drug-likeness (QED) is 0.734. The Morgan fingerprint density at radius 3 is 2.79 bits per heavy atom. The van der Waals surface area contributed by atoms with Gasteiger partial charge in [0.15, 0.2) is 0 Å². The maximum Gasteiger partial charge on any atom is 0.411 e. The molecule has 0 spiro atoms. The molecule has 156 valence electrons. The maximum absolute atomic E-state index is 12.6. The lowest BCUT2D eigenvalue weighted by Crippen LogP contribution is -2.56. The van der Waals surface area contributed by atoms with E-state index in [0.717, 1.165) is 35.9 Å². The number of nitrogens with zero attached hydrogens (tertiary/aromatic N) is 2. The molecule has 0 saturated carbocycles. The Morgan fingerprint density at radius 2 is 2.10 bits per heavy atom. The van der Waals surface area contributed by atoms with Gasteiger partial charge in [0, 0.05) is 54.1 Å². The van der Waals surface area contributed by atoms with Crippen molar-refractivity contribution in [1.29, 1.82) is 0 Å². The number of piperidine rings is 1. The molecule has 1 fully saturated rings. The summed E-state index contributed by atoms with van der Waals surface area (Å²) in [5.41, 5.74) is 8.45. The van der Waals surface area contributed by atoms with Gasteiger partial charge in [0.25, 0.3) is 0 Å². The van der Waals surface area contributed by atoms with Crippen LogP contribution in [0.25, 0.3) is 10.9 Å². The number of urea groups is 1.